The molecule has 0 fully saturated rings. The monoisotopic (exact) mass is 347 g/mol. The van der Waals surface area contributed by atoms with Gasteiger partial charge in [-0.25, -0.2) is 4.68 Å². The van der Waals surface area contributed by atoms with E-state index in [1.54, 1.807) is 24.3 Å². The van der Waals surface area contributed by atoms with Crippen molar-refractivity contribution < 1.29 is 22.7 Å². The summed E-state index contributed by atoms with van der Waals surface area (Å²) in [6, 6.07) is 6.74. The fourth-order valence-electron chi connectivity index (χ4n) is 1.63. The van der Waals surface area contributed by atoms with E-state index in [2.05, 4.69) is 15.5 Å². The van der Waals surface area contributed by atoms with E-state index < -0.39 is 17.9 Å². The van der Waals surface area contributed by atoms with Crippen molar-refractivity contribution in [1.29, 1.82) is 0 Å². The average molecular weight is 347 g/mol. The minimum Gasteiger partial charge on any atom is -0.495 e. The number of nitrogens with zero attached hydrogens (tertiary/aromatic N) is 3. The van der Waals surface area contributed by atoms with Gasteiger partial charge in [-0.15, -0.1) is 10.2 Å². The zero-order valence-electron chi connectivity index (χ0n) is 11.8. The number of ether oxygens (including phenoxy) is 1. The maximum absolute atomic E-state index is 12.5. The van der Waals surface area contributed by atoms with Gasteiger partial charge < -0.3 is 15.9 Å². The van der Waals surface area contributed by atoms with Crippen molar-refractivity contribution in [2.75, 3.05) is 24.0 Å². The second-order valence-electron chi connectivity index (χ2n) is 4.21. The number of benzene rings is 1. The third kappa shape index (κ3) is 4.06. The van der Waals surface area contributed by atoms with Gasteiger partial charge in [0.15, 0.2) is 0 Å². The fraction of sp³-hybridized carbons (Fsp3) is 0.250. The van der Waals surface area contributed by atoms with E-state index in [-0.39, 0.29) is 10.9 Å². The first-order chi connectivity index (χ1) is 10.8. The lowest BCUT2D eigenvalue weighted by atomic mass is 10.3. The quantitative estimate of drug-likeness (QED) is 0.632. The van der Waals surface area contributed by atoms with Crippen LogP contribution in [-0.4, -0.2) is 33.6 Å². The summed E-state index contributed by atoms with van der Waals surface area (Å²) in [6.07, 6.45) is -4.71. The number of nitrogens with one attached hydrogen (secondary N) is 1. The smallest absolute Gasteiger partial charge is 0.453 e. The van der Waals surface area contributed by atoms with Crippen molar-refractivity contribution in [3.63, 3.8) is 0 Å². The molecule has 1 heterocycles. The lowest BCUT2D eigenvalue weighted by molar-refractivity contribution is -0.146. The molecule has 0 atom stereocenters. The van der Waals surface area contributed by atoms with Crippen LogP contribution >= 0.6 is 11.8 Å². The number of amides is 1. The molecule has 0 unspecified atom stereocenters. The molecule has 2 aromatic rings. The number of methoxy groups -OCH3 is 1. The van der Waals surface area contributed by atoms with Crippen molar-refractivity contribution in [3.05, 3.63) is 30.1 Å². The minimum atomic E-state index is -4.71. The molecule has 124 valence electrons. The first-order valence-electron chi connectivity index (χ1n) is 6.16. The molecule has 0 aliphatic carbocycles. The van der Waals surface area contributed by atoms with Gasteiger partial charge in [-0.2, -0.15) is 13.2 Å². The van der Waals surface area contributed by atoms with Gasteiger partial charge in [-0.1, -0.05) is 23.9 Å². The van der Waals surface area contributed by atoms with Gasteiger partial charge >= 0.3 is 6.18 Å². The molecule has 0 aliphatic heterocycles. The fourth-order valence-corrected chi connectivity index (χ4v) is 2.29. The molecule has 0 radical (unpaired) electrons. The van der Waals surface area contributed by atoms with Crippen LogP contribution in [0.25, 0.3) is 0 Å². The van der Waals surface area contributed by atoms with E-state index >= 15 is 0 Å². The molecule has 0 aliphatic rings. The summed E-state index contributed by atoms with van der Waals surface area (Å²) in [7, 11) is 1.45. The molecule has 2 rings (SSSR count). The normalized spacial score (nSPS) is 11.3. The number of carbonyl (C=O) groups is 1. The standard InChI is InChI=1S/C12H12F3N5O2S/c1-22-8-5-3-2-4-7(8)17-9(21)6-23-11-19-18-10(20(11)16)12(13,14)15/h2-5H,6,16H2,1H3,(H,17,21). The molecular formula is C12H12F3N5O2S. The van der Waals surface area contributed by atoms with Crippen LogP contribution in [0.15, 0.2) is 29.4 Å². The second-order valence-corrected chi connectivity index (χ2v) is 5.15. The van der Waals surface area contributed by atoms with Crippen LogP contribution in [0.1, 0.15) is 5.82 Å². The predicted octanol–water partition coefficient (Wildman–Crippen LogP) is 1.75. The van der Waals surface area contributed by atoms with Crippen LogP contribution in [0.2, 0.25) is 0 Å². The average Bonchev–Trinajstić information content (AvgIpc) is 2.87. The maximum Gasteiger partial charge on any atom is 0.453 e. The Labute approximate surface area is 133 Å². The van der Waals surface area contributed by atoms with Gasteiger partial charge in [-0.3, -0.25) is 4.79 Å². The van der Waals surface area contributed by atoms with Crippen molar-refractivity contribution in [2.45, 2.75) is 11.3 Å². The van der Waals surface area contributed by atoms with Crippen molar-refractivity contribution >= 4 is 23.4 Å². The summed E-state index contributed by atoms with van der Waals surface area (Å²) in [5, 5.41) is 8.66. The van der Waals surface area contributed by atoms with Crippen LogP contribution in [0.4, 0.5) is 18.9 Å². The van der Waals surface area contributed by atoms with E-state index in [1.807, 2.05) is 0 Å². The Bertz CT molecular complexity index is 704. The van der Waals surface area contributed by atoms with Gasteiger partial charge in [-0.05, 0) is 12.1 Å². The lowest BCUT2D eigenvalue weighted by Crippen LogP contribution is -2.22. The van der Waals surface area contributed by atoms with Gasteiger partial charge in [0, 0.05) is 0 Å². The van der Waals surface area contributed by atoms with Gasteiger partial charge in [0.25, 0.3) is 5.82 Å². The lowest BCUT2D eigenvalue weighted by Gasteiger charge is -2.09. The van der Waals surface area contributed by atoms with Crippen LogP contribution in [-0.2, 0) is 11.0 Å². The van der Waals surface area contributed by atoms with Crippen molar-refractivity contribution in [3.8, 4) is 5.75 Å². The third-order valence-electron chi connectivity index (χ3n) is 2.63. The zero-order chi connectivity index (χ0) is 17.0. The molecule has 23 heavy (non-hydrogen) atoms. The summed E-state index contributed by atoms with van der Waals surface area (Å²) in [4.78, 5) is 11.9. The number of anilines is 1. The second kappa shape index (κ2) is 6.77. The summed E-state index contributed by atoms with van der Waals surface area (Å²) in [5.74, 6) is 3.77. The highest BCUT2D eigenvalue weighted by atomic mass is 32.2. The summed E-state index contributed by atoms with van der Waals surface area (Å²) < 4.78 is 43.0. The number of nitrogens with two attached hydrogens (primary N) is 1. The number of nitrogen functional groups attached to an aromatic ring is 1. The number of carbonyl (C=O) groups excluding carboxylic acids is 1. The van der Waals surface area contributed by atoms with E-state index in [9.17, 15) is 18.0 Å². The van der Waals surface area contributed by atoms with Crippen molar-refractivity contribution in [1.82, 2.24) is 14.9 Å². The highest BCUT2D eigenvalue weighted by Gasteiger charge is 2.38. The Morgan fingerprint density at radius 3 is 2.70 bits per heavy atom. The number of para-hydroxylation sites is 2. The van der Waals surface area contributed by atoms with Crippen LogP contribution in [0, 0.1) is 0 Å². The number of hydrogen-bond donors (Lipinski definition) is 2. The van der Waals surface area contributed by atoms with Gasteiger partial charge in [0.1, 0.15) is 5.75 Å². The Hall–Kier alpha value is -2.43. The van der Waals surface area contributed by atoms with E-state index in [1.165, 1.54) is 7.11 Å². The first-order valence-corrected chi connectivity index (χ1v) is 7.15. The largest absolute Gasteiger partial charge is 0.495 e. The first kappa shape index (κ1) is 16.9. The minimum absolute atomic E-state index is 0.189. The summed E-state index contributed by atoms with van der Waals surface area (Å²) in [5.41, 5.74) is 0.450. The number of alkyl halides is 3. The SMILES string of the molecule is COc1ccccc1NC(=O)CSc1nnc(C(F)(F)F)n1N. The topological polar surface area (TPSA) is 95.1 Å². The molecule has 0 saturated carbocycles. The summed E-state index contributed by atoms with van der Waals surface area (Å²) in [6.45, 7) is 0. The van der Waals surface area contributed by atoms with E-state index in [0.717, 1.165) is 11.8 Å². The van der Waals surface area contributed by atoms with Gasteiger partial charge in [0.05, 0.1) is 18.6 Å². The molecule has 11 heteroatoms. The number of rotatable bonds is 5. The highest BCUT2D eigenvalue weighted by molar-refractivity contribution is 7.99. The Morgan fingerprint density at radius 1 is 1.39 bits per heavy atom. The maximum atomic E-state index is 12.5. The molecule has 0 spiro atoms. The predicted molar refractivity (Wildman–Crippen MR) is 77.5 cm³/mol. The van der Waals surface area contributed by atoms with Crippen LogP contribution in [0.5, 0.6) is 5.75 Å². The Balaban J connectivity index is 1.99. The van der Waals surface area contributed by atoms with E-state index in [0.29, 0.717) is 16.1 Å². The number of thioether (sulfide) groups is 1. The molecule has 0 bridgehead atoms. The van der Waals surface area contributed by atoms with Crippen molar-refractivity contribution in [2.24, 2.45) is 0 Å². The number of hydrogen-bond acceptors (Lipinski definition) is 6. The molecule has 1 amide bonds. The Kier molecular flexibility index (Phi) is 4.98. The Morgan fingerprint density at radius 2 is 2.09 bits per heavy atom. The molecule has 0 saturated heterocycles. The summed E-state index contributed by atoms with van der Waals surface area (Å²) >= 11 is 0.736. The van der Waals surface area contributed by atoms with Gasteiger partial charge in [0.2, 0.25) is 11.1 Å². The molecular weight excluding hydrogens is 335 g/mol. The molecule has 1 aromatic carbocycles. The number of halogens is 3. The molecule has 7 nitrogen and oxygen atoms in total. The van der Waals surface area contributed by atoms with Crippen LogP contribution < -0.4 is 15.9 Å². The van der Waals surface area contributed by atoms with E-state index in [4.69, 9.17) is 10.6 Å². The molecule has 3 N–H and O–H groups in total. The number of aromatic nitrogens is 3. The third-order valence-corrected chi connectivity index (χ3v) is 3.57. The highest BCUT2D eigenvalue weighted by Crippen LogP contribution is 2.29. The molecule has 1 aromatic heterocycles. The zero-order valence-corrected chi connectivity index (χ0v) is 12.6. The van der Waals surface area contributed by atoms with Crippen LogP contribution in [0.3, 0.4) is 0 Å².